The molecule has 0 fully saturated rings. The van der Waals surface area contributed by atoms with Crippen molar-refractivity contribution < 1.29 is 48.3 Å². The number of rotatable bonds is 11. The molecule has 10 nitrogen and oxygen atoms in total. The number of hydrogen-bond acceptors (Lipinski definition) is 10. The van der Waals surface area contributed by atoms with Crippen molar-refractivity contribution in [2.45, 2.75) is 25.6 Å². The molecule has 0 aliphatic carbocycles. The third-order valence-corrected chi connectivity index (χ3v) is 4.57. The molecule has 2 aromatic rings. The van der Waals surface area contributed by atoms with E-state index in [4.69, 9.17) is 14.2 Å². The van der Waals surface area contributed by atoms with Crippen molar-refractivity contribution in [2.75, 3.05) is 26.9 Å². The van der Waals surface area contributed by atoms with Crippen LogP contribution in [0.4, 0.5) is 0 Å². The minimum absolute atomic E-state index is 0.0899. The Balaban J connectivity index is 1.89. The molecule has 0 radical (unpaired) electrons. The lowest BCUT2D eigenvalue weighted by molar-refractivity contribution is -0.142. The monoisotopic (exact) mass is 474 g/mol. The summed E-state index contributed by atoms with van der Waals surface area (Å²) in [4.78, 5) is 46.7. The fourth-order valence-electron chi connectivity index (χ4n) is 2.61. The first-order chi connectivity index (χ1) is 16.2. The van der Waals surface area contributed by atoms with Crippen LogP contribution in [0.1, 0.15) is 34.1 Å². The number of aliphatic hydroxyl groups is 2. The van der Waals surface area contributed by atoms with Crippen LogP contribution in [-0.4, -0.2) is 73.2 Å². The number of carbonyl (C=O) groups is 4. The quantitative estimate of drug-likeness (QED) is 0.279. The van der Waals surface area contributed by atoms with Gasteiger partial charge in [0, 0.05) is 12.2 Å². The lowest BCUT2D eigenvalue weighted by Crippen LogP contribution is -2.25. The van der Waals surface area contributed by atoms with Crippen LogP contribution in [0.15, 0.2) is 48.6 Å². The van der Waals surface area contributed by atoms with E-state index in [2.05, 4.69) is 4.74 Å². The van der Waals surface area contributed by atoms with E-state index in [1.165, 1.54) is 6.07 Å². The number of fused-ring (bicyclic) bond motifs is 1. The second-order valence-corrected chi connectivity index (χ2v) is 7.18. The Morgan fingerprint density at radius 3 is 1.74 bits per heavy atom. The number of esters is 4. The Bertz CT molecular complexity index is 1060. The summed E-state index contributed by atoms with van der Waals surface area (Å²) in [6.07, 6.45) is 0.211. The molecular weight excluding hydrogens is 448 g/mol. The van der Waals surface area contributed by atoms with Gasteiger partial charge in [-0.2, -0.15) is 0 Å². The average molecular weight is 474 g/mol. The van der Waals surface area contributed by atoms with Crippen molar-refractivity contribution in [1.29, 1.82) is 0 Å². The summed E-state index contributed by atoms with van der Waals surface area (Å²) in [5, 5.41) is 20.7. The predicted molar refractivity (Wildman–Crippen MR) is 119 cm³/mol. The molecule has 2 unspecified atom stereocenters. The molecule has 2 atom stereocenters. The molecule has 0 saturated heterocycles. The molecule has 0 amide bonds. The van der Waals surface area contributed by atoms with Gasteiger partial charge in [0.05, 0.1) is 24.3 Å². The standard InChI is InChI=1S/C24H26O10/c1-3-19(25)12-33-23(29)17-6-4-16-11-18(7-5-15(16)10-17)24(30)34-14-20(26)13-32-22(28)9-8-21(27)31-2/h4-11,19-20,25-26H,3,12-14H2,1-2H3/b9-8+. The van der Waals surface area contributed by atoms with E-state index in [0.717, 1.165) is 19.3 Å². The van der Waals surface area contributed by atoms with Crippen molar-refractivity contribution in [2.24, 2.45) is 0 Å². The predicted octanol–water partition coefficient (Wildman–Crippen LogP) is 1.56. The Labute approximate surface area is 195 Å². The van der Waals surface area contributed by atoms with Crippen molar-refractivity contribution in [1.82, 2.24) is 0 Å². The Hall–Kier alpha value is -3.76. The smallest absolute Gasteiger partial charge is 0.338 e. The molecule has 10 heteroatoms. The molecule has 0 heterocycles. The van der Waals surface area contributed by atoms with Crippen LogP contribution in [0.25, 0.3) is 10.8 Å². The number of ether oxygens (including phenoxy) is 4. The number of hydrogen-bond donors (Lipinski definition) is 2. The molecule has 0 aromatic heterocycles. The highest BCUT2D eigenvalue weighted by atomic mass is 16.6. The minimum atomic E-state index is -1.26. The summed E-state index contributed by atoms with van der Waals surface area (Å²) in [5.41, 5.74) is 0.532. The molecule has 2 aromatic carbocycles. The molecule has 182 valence electrons. The van der Waals surface area contributed by atoms with Crippen LogP contribution in [0.5, 0.6) is 0 Å². The fraction of sp³-hybridized carbons (Fsp3) is 0.333. The van der Waals surface area contributed by atoms with Gasteiger partial charge in [-0.25, -0.2) is 19.2 Å². The molecule has 0 bridgehead atoms. The molecule has 2 N–H and O–H groups in total. The summed E-state index contributed by atoms with van der Waals surface area (Å²) >= 11 is 0. The first-order valence-corrected chi connectivity index (χ1v) is 10.4. The maximum atomic E-state index is 12.3. The van der Waals surface area contributed by atoms with Crippen LogP contribution >= 0.6 is 0 Å². The van der Waals surface area contributed by atoms with Crippen molar-refractivity contribution in [3.63, 3.8) is 0 Å². The molecular formula is C24H26O10. The van der Waals surface area contributed by atoms with Crippen LogP contribution in [0, 0.1) is 0 Å². The summed E-state index contributed by atoms with van der Waals surface area (Å²) in [6, 6.07) is 9.51. The zero-order chi connectivity index (χ0) is 25.1. The third-order valence-electron chi connectivity index (χ3n) is 4.57. The van der Waals surface area contributed by atoms with Gasteiger partial charge in [-0.15, -0.1) is 0 Å². The van der Waals surface area contributed by atoms with Gasteiger partial charge in [0.1, 0.15) is 25.9 Å². The number of benzene rings is 2. The number of methoxy groups -OCH3 is 1. The van der Waals surface area contributed by atoms with E-state index in [9.17, 15) is 29.4 Å². The van der Waals surface area contributed by atoms with Gasteiger partial charge >= 0.3 is 23.9 Å². The van der Waals surface area contributed by atoms with E-state index < -0.39 is 49.3 Å². The molecule has 0 saturated carbocycles. The van der Waals surface area contributed by atoms with Crippen molar-refractivity contribution >= 4 is 34.6 Å². The molecule has 2 rings (SSSR count). The maximum Gasteiger partial charge on any atom is 0.338 e. The normalized spacial score (nSPS) is 12.7. The Morgan fingerprint density at radius 2 is 1.24 bits per heavy atom. The SMILES string of the molecule is CCC(O)COC(=O)c1ccc2cc(C(=O)OCC(O)COC(=O)/C=C/C(=O)OC)ccc2c1. The summed E-state index contributed by atoms with van der Waals surface area (Å²) in [7, 11) is 1.15. The van der Waals surface area contributed by atoms with Gasteiger partial charge in [-0.1, -0.05) is 19.1 Å². The highest BCUT2D eigenvalue weighted by Gasteiger charge is 2.15. The summed E-state index contributed by atoms with van der Waals surface area (Å²) in [6.45, 7) is 0.830. The first kappa shape index (κ1) is 26.5. The van der Waals surface area contributed by atoms with E-state index in [0.29, 0.717) is 22.8 Å². The Morgan fingerprint density at radius 1 is 0.765 bits per heavy atom. The maximum absolute atomic E-state index is 12.3. The van der Waals surface area contributed by atoms with Crippen LogP contribution in [0.2, 0.25) is 0 Å². The molecule has 0 spiro atoms. The van der Waals surface area contributed by atoms with Gasteiger partial charge in [0.15, 0.2) is 0 Å². The molecule has 0 aliphatic rings. The van der Waals surface area contributed by atoms with Crippen molar-refractivity contribution in [3.8, 4) is 0 Å². The highest BCUT2D eigenvalue weighted by Crippen LogP contribution is 2.19. The largest absolute Gasteiger partial charge is 0.466 e. The van der Waals surface area contributed by atoms with E-state index in [1.807, 2.05) is 0 Å². The highest BCUT2D eigenvalue weighted by molar-refractivity contribution is 5.99. The molecule has 0 aliphatic heterocycles. The Kier molecular flexibility index (Phi) is 10.2. The topological polar surface area (TPSA) is 146 Å². The summed E-state index contributed by atoms with van der Waals surface area (Å²) < 4.78 is 19.2. The van der Waals surface area contributed by atoms with Gasteiger partial charge in [-0.05, 0) is 41.5 Å². The summed E-state index contributed by atoms with van der Waals surface area (Å²) in [5.74, 6) is -2.86. The number of carbonyl (C=O) groups excluding carboxylic acids is 4. The van der Waals surface area contributed by atoms with Crippen molar-refractivity contribution in [3.05, 3.63) is 59.7 Å². The van der Waals surface area contributed by atoms with Gasteiger partial charge in [-0.3, -0.25) is 0 Å². The fourth-order valence-corrected chi connectivity index (χ4v) is 2.61. The van der Waals surface area contributed by atoms with E-state index >= 15 is 0 Å². The van der Waals surface area contributed by atoms with Gasteiger partial charge in [0.2, 0.25) is 0 Å². The van der Waals surface area contributed by atoms with Crippen LogP contribution in [-0.2, 0) is 28.5 Å². The third kappa shape index (κ3) is 8.30. The minimum Gasteiger partial charge on any atom is -0.466 e. The number of aliphatic hydroxyl groups excluding tert-OH is 2. The molecule has 34 heavy (non-hydrogen) atoms. The zero-order valence-electron chi connectivity index (χ0n) is 18.8. The van der Waals surface area contributed by atoms with Crippen LogP contribution in [0.3, 0.4) is 0 Å². The van der Waals surface area contributed by atoms with Gasteiger partial charge in [0.25, 0.3) is 0 Å². The van der Waals surface area contributed by atoms with Crippen LogP contribution < -0.4 is 0 Å². The van der Waals surface area contributed by atoms with E-state index in [-0.39, 0.29) is 12.2 Å². The second kappa shape index (κ2) is 13.1. The zero-order valence-corrected chi connectivity index (χ0v) is 18.8. The second-order valence-electron chi connectivity index (χ2n) is 7.18. The lowest BCUT2D eigenvalue weighted by atomic mass is 10.0. The van der Waals surface area contributed by atoms with E-state index in [1.54, 1.807) is 37.3 Å². The lowest BCUT2D eigenvalue weighted by Gasteiger charge is -2.12. The average Bonchev–Trinajstić information content (AvgIpc) is 2.86. The van der Waals surface area contributed by atoms with Gasteiger partial charge < -0.3 is 29.2 Å². The first-order valence-electron chi connectivity index (χ1n) is 10.4.